The standard InChI is InChI=1S/C8H15NO2/c1-6-3-7(4-6)5-9-8(10)11-2/h6-7H,3-5H2,1-2H3,(H,9,10)/t6-,7-. The summed E-state index contributed by atoms with van der Waals surface area (Å²) in [4.78, 5) is 10.6. The molecule has 1 fully saturated rings. The number of hydrogen-bond acceptors (Lipinski definition) is 2. The normalized spacial score (nSPS) is 28.9. The number of hydrogen-bond donors (Lipinski definition) is 1. The Morgan fingerprint density at radius 3 is 2.73 bits per heavy atom. The molecule has 0 bridgehead atoms. The Labute approximate surface area is 67.1 Å². The van der Waals surface area contributed by atoms with Crippen molar-refractivity contribution in [2.24, 2.45) is 11.8 Å². The molecule has 0 aromatic carbocycles. The van der Waals surface area contributed by atoms with E-state index >= 15 is 0 Å². The van der Waals surface area contributed by atoms with E-state index in [0.717, 1.165) is 12.5 Å². The lowest BCUT2D eigenvalue weighted by Gasteiger charge is -2.32. The fraction of sp³-hybridized carbons (Fsp3) is 0.875. The number of ether oxygens (including phenoxy) is 1. The van der Waals surface area contributed by atoms with Crippen molar-refractivity contribution in [2.75, 3.05) is 13.7 Å². The summed E-state index contributed by atoms with van der Waals surface area (Å²) in [6.45, 7) is 3.01. The third-order valence-corrected chi connectivity index (χ3v) is 2.19. The van der Waals surface area contributed by atoms with Gasteiger partial charge in [-0.05, 0) is 24.7 Å². The van der Waals surface area contributed by atoms with Crippen LogP contribution in [0.15, 0.2) is 0 Å². The average molecular weight is 157 g/mol. The third-order valence-electron chi connectivity index (χ3n) is 2.19. The lowest BCUT2D eigenvalue weighted by molar-refractivity contribution is 0.157. The van der Waals surface area contributed by atoms with Crippen LogP contribution in [0.25, 0.3) is 0 Å². The van der Waals surface area contributed by atoms with Crippen LogP contribution in [0.2, 0.25) is 0 Å². The van der Waals surface area contributed by atoms with Gasteiger partial charge in [0.2, 0.25) is 0 Å². The van der Waals surface area contributed by atoms with Crippen molar-refractivity contribution in [1.82, 2.24) is 5.32 Å². The Hall–Kier alpha value is -0.730. The molecule has 0 spiro atoms. The maximum Gasteiger partial charge on any atom is 0.406 e. The van der Waals surface area contributed by atoms with E-state index in [1.54, 1.807) is 0 Å². The first-order valence-corrected chi connectivity index (χ1v) is 4.04. The lowest BCUT2D eigenvalue weighted by Crippen LogP contribution is -2.35. The van der Waals surface area contributed by atoms with E-state index in [-0.39, 0.29) is 6.09 Å². The summed E-state index contributed by atoms with van der Waals surface area (Å²) in [5, 5.41) is 2.69. The second-order valence-corrected chi connectivity index (χ2v) is 3.32. The largest absolute Gasteiger partial charge is 0.453 e. The van der Waals surface area contributed by atoms with E-state index in [4.69, 9.17) is 0 Å². The van der Waals surface area contributed by atoms with E-state index in [1.807, 2.05) is 0 Å². The van der Waals surface area contributed by atoms with E-state index in [9.17, 15) is 4.79 Å². The van der Waals surface area contributed by atoms with Crippen LogP contribution >= 0.6 is 0 Å². The van der Waals surface area contributed by atoms with Crippen molar-refractivity contribution in [2.45, 2.75) is 19.8 Å². The average Bonchev–Trinajstić information content (AvgIpc) is 1.95. The first-order chi connectivity index (χ1) is 5.22. The Morgan fingerprint density at radius 1 is 1.64 bits per heavy atom. The van der Waals surface area contributed by atoms with Crippen molar-refractivity contribution in [3.63, 3.8) is 0 Å². The van der Waals surface area contributed by atoms with Crippen molar-refractivity contribution in [1.29, 1.82) is 0 Å². The van der Waals surface area contributed by atoms with Crippen LogP contribution in [-0.2, 0) is 4.74 Å². The van der Waals surface area contributed by atoms with Crippen LogP contribution in [0.5, 0.6) is 0 Å². The minimum atomic E-state index is -0.315. The molecule has 1 amide bonds. The fourth-order valence-electron chi connectivity index (χ4n) is 1.54. The Morgan fingerprint density at radius 2 is 2.27 bits per heavy atom. The molecule has 3 heteroatoms. The summed E-state index contributed by atoms with van der Waals surface area (Å²) in [5.41, 5.74) is 0. The smallest absolute Gasteiger partial charge is 0.406 e. The molecular weight excluding hydrogens is 142 g/mol. The minimum Gasteiger partial charge on any atom is -0.453 e. The van der Waals surface area contributed by atoms with Gasteiger partial charge in [-0.25, -0.2) is 4.79 Å². The molecule has 0 unspecified atom stereocenters. The molecule has 1 aliphatic carbocycles. The maximum atomic E-state index is 10.6. The van der Waals surface area contributed by atoms with Crippen LogP contribution in [0.3, 0.4) is 0 Å². The van der Waals surface area contributed by atoms with Crippen molar-refractivity contribution in [3.8, 4) is 0 Å². The van der Waals surface area contributed by atoms with Gasteiger partial charge < -0.3 is 10.1 Å². The molecule has 64 valence electrons. The number of rotatable bonds is 2. The highest BCUT2D eigenvalue weighted by molar-refractivity contribution is 5.66. The fourth-order valence-corrected chi connectivity index (χ4v) is 1.54. The number of carbonyl (C=O) groups excluding carboxylic acids is 1. The summed E-state index contributed by atoms with van der Waals surface area (Å²) in [5.74, 6) is 1.53. The van der Waals surface area contributed by atoms with Crippen LogP contribution in [0.4, 0.5) is 4.79 Å². The van der Waals surface area contributed by atoms with E-state index in [1.165, 1.54) is 20.0 Å². The zero-order chi connectivity index (χ0) is 8.27. The zero-order valence-electron chi connectivity index (χ0n) is 7.09. The van der Waals surface area contributed by atoms with Crippen LogP contribution in [0, 0.1) is 11.8 Å². The summed E-state index contributed by atoms with van der Waals surface area (Å²) < 4.78 is 4.45. The molecule has 0 atom stereocenters. The van der Waals surface area contributed by atoms with Gasteiger partial charge in [-0.1, -0.05) is 6.92 Å². The molecule has 11 heavy (non-hydrogen) atoms. The first kappa shape index (κ1) is 8.37. The van der Waals surface area contributed by atoms with Crippen LogP contribution in [0.1, 0.15) is 19.8 Å². The van der Waals surface area contributed by atoms with Crippen molar-refractivity contribution >= 4 is 6.09 Å². The van der Waals surface area contributed by atoms with Gasteiger partial charge in [0, 0.05) is 6.54 Å². The van der Waals surface area contributed by atoms with Gasteiger partial charge in [0.25, 0.3) is 0 Å². The SMILES string of the molecule is COC(=O)NC[C@H]1C[C@H](C)C1. The molecule has 1 saturated carbocycles. The van der Waals surface area contributed by atoms with E-state index in [0.29, 0.717) is 5.92 Å². The highest BCUT2D eigenvalue weighted by Crippen LogP contribution is 2.32. The highest BCUT2D eigenvalue weighted by Gasteiger charge is 2.25. The molecule has 0 saturated heterocycles. The van der Waals surface area contributed by atoms with Crippen LogP contribution < -0.4 is 5.32 Å². The molecule has 0 aliphatic heterocycles. The second-order valence-electron chi connectivity index (χ2n) is 3.32. The van der Waals surface area contributed by atoms with E-state index < -0.39 is 0 Å². The molecule has 0 aromatic heterocycles. The summed E-state index contributed by atoms with van der Waals surface area (Å²) in [7, 11) is 1.39. The number of nitrogens with one attached hydrogen (secondary N) is 1. The monoisotopic (exact) mass is 157 g/mol. The first-order valence-electron chi connectivity index (χ1n) is 4.04. The molecule has 1 rings (SSSR count). The molecule has 0 aromatic rings. The maximum absolute atomic E-state index is 10.6. The van der Waals surface area contributed by atoms with Crippen LogP contribution in [-0.4, -0.2) is 19.7 Å². The molecule has 3 nitrogen and oxygen atoms in total. The van der Waals surface area contributed by atoms with Gasteiger partial charge in [0.15, 0.2) is 0 Å². The Kier molecular flexibility index (Phi) is 2.74. The predicted octanol–water partition coefficient (Wildman–Crippen LogP) is 1.39. The molecule has 1 aliphatic rings. The predicted molar refractivity (Wildman–Crippen MR) is 42.3 cm³/mol. The molecule has 0 heterocycles. The quantitative estimate of drug-likeness (QED) is 0.657. The number of carbonyl (C=O) groups is 1. The van der Waals surface area contributed by atoms with Gasteiger partial charge in [0.05, 0.1) is 7.11 Å². The minimum absolute atomic E-state index is 0.315. The van der Waals surface area contributed by atoms with Gasteiger partial charge in [-0.15, -0.1) is 0 Å². The molecular formula is C8H15NO2. The highest BCUT2D eigenvalue weighted by atomic mass is 16.5. The van der Waals surface area contributed by atoms with Gasteiger partial charge >= 0.3 is 6.09 Å². The molecule has 0 radical (unpaired) electrons. The number of amides is 1. The number of alkyl carbamates (subject to hydrolysis) is 1. The third kappa shape index (κ3) is 2.41. The van der Waals surface area contributed by atoms with E-state index in [2.05, 4.69) is 17.0 Å². The van der Waals surface area contributed by atoms with Gasteiger partial charge in [-0.2, -0.15) is 0 Å². The Balaban J connectivity index is 2.00. The summed E-state index contributed by atoms with van der Waals surface area (Å²) in [6.07, 6.45) is 2.16. The van der Waals surface area contributed by atoms with Crippen molar-refractivity contribution < 1.29 is 9.53 Å². The van der Waals surface area contributed by atoms with Gasteiger partial charge in [-0.3, -0.25) is 0 Å². The molecule has 1 N–H and O–H groups in total. The summed E-state index contributed by atoms with van der Waals surface area (Å²) in [6, 6.07) is 0. The zero-order valence-corrected chi connectivity index (χ0v) is 7.09. The summed E-state index contributed by atoms with van der Waals surface area (Å²) >= 11 is 0. The Bertz CT molecular complexity index is 141. The topological polar surface area (TPSA) is 38.3 Å². The lowest BCUT2D eigenvalue weighted by atomic mass is 9.76. The van der Waals surface area contributed by atoms with Crippen molar-refractivity contribution in [3.05, 3.63) is 0 Å². The second kappa shape index (κ2) is 3.60. The van der Waals surface area contributed by atoms with Gasteiger partial charge in [0.1, 0.15) is 0 Å². The number of methoxy groups -OCH3 is 1.